The smallest absolute Gasteiger partial charge is 0.343 e. The number of nitrogens with one attached hydrogen (secondary N) is 3. The standard InChI is InChI=1S/C65H106Cl2F3N11O11/c1-15-40(6)55-61(90)76(10)36-53(84)74(8)37-54(85)79(13)50(34-43-21-16-17-22-45(43)66)60(89)75(9)35-51(82)71-47(27-25-42-24-26-44(46(67)33-42)65(68,69)70)59(88)81-30-20-23-48(81)58(87)73-64(28-18-19-29-64)63(92)80(14)56(39(4)5)62(91)77(11)41(7)32-52(83)78(12)49(31-38(2)3)57(86)72-55/h38-50,55-56H,15-37H2,1-14H3,(H,71,82)(H,72,86)(H,73,87)/t40-,41+,42?,43?,44?,45?,46?,47-,48-,49-,50-,55-,56-/m0/s1. The van der Waals surface area contributed by atoms with Gasteiger partial charge in [0, 0.05) is 79.1 Å². The Labute approximate surface area is 553 Å². The van der Waals surface area contributed by atoms with Crippen LogP contribution in [-0.4, -0.2) is 244 Å². The first-order valence-electron chi connectivity index (χ1n) is 33.3. The molecule has 3 saturated carbocycles. The zero-order valence-corrected chi connectivity index (χ0v) is 58.4. The van der Waals surface area contributed by atoms with Crippen LogP contribution in [0, 0.1) is 35.5 Å². The molecule has 0 bridgehead atoms. The Kier molecular flexibility index (Phi) is 28.4. The molecule has 3 N–H and O–H groups in total. The fraction of sp³-hybridized carbons (Fsp3) is 0.831. The van der Waals surface area contributed by atoms with Gasteiger partial charge < -0.3 is 55.1 Å². The van der Waals surface area contributed by atoms with Crippen LogP contribution in [0.3, 0.4) is 0 Å². The maximum absolute atomic E-state index is 15.1. The molecule has 0 aromatic heterocycles. The van der Waals surface area contributed by atoms with E-state index in [0.29, 0.717) is 38.5 Å². The number of carbonyl (C=O) groups is 11. The minimum Gasteiger partial charge on any atom is -0.343 e. The van der Waals surface area contributed by atoms with E-state index in [2.05, 4.69) is 16.0 Å². The number of alkyl halides is 5. The van der Waals surface area contributed by atoms with E-state index < -0.39 is 162 Å². The molecule has 2 saturated heterocycles. The van der Waals surface area contributed by atoms with Crippen molar-refractivity contribution in [2.45, 2.75) is 235 Å². The van der Waals surface area contributed by atoms with E-state index in [-0.39, 0.29) is 100 Å². The van der Waals surface area contributed by atoms with Crippen molar-refractivity contribution in [2.75, 3.05) is 75.5 Å². The van der Waals surface area contributed by atoms with Gasteiger partial charge in [-0.3, -0.25) is 52.7 Å². The number of halogens is 5. The number of hydrogen-bond acceptors (Lipinski definition) is 11. The van der Waals surface area contributed by atoms with Gasteiger partial charge in [-0.1, -0.05) is 73.6 Å². The van der Waals surface area contributed by atoms with Gasteiger partial charge >= 0.3 is 6.18 Å². The Morgan fingerprint density at radius 3 is 1.80 bits per heavy atom. The van der Waals surface area contributed by atoms with Gasteiger partial charge in [0.25, 0.3) is 0 Å². The minimum absolute atomic E-state index is 0.00404. The number of amides is 11. The number of rotatable bonds is 10. The molecule has 5 fully saturated rings. The molecule has 2 heterocycles. The van der Waals surface area contributed by atoms with E-state index in [0.717, 1.165) is 27.5 Å². The van der Waals surface area contributed by atoms with Gasteiger partial charge in [-0.15, -0.1) is 23.2 Å². The van der Waals surface area contributed by atoms with Crippen molar-refractivity contribution in [3.05, 3.63) is 0 Å². The molecular formula is C65H106Cl2F3N11O11. The molecule has 3 aliphatic carbocycles. The van der Waals surface area contributed by atoms with Crippen LogP contribution in [0.4, 0.5) is 13.2 Å². The van der Waals surface area contributed by atoms with E-state index in [1.54, 1.807) is 27.7 Å². The lowest BCUT2D eigenvalue weighted by atomic mass is 9.78. The van der Waals surface area contributed by atoms with Gasteiger partial charge in [-0.25, -0.2) is 0 Å². The van der Waals surface area contributed by atoms with Crippen LogP contribution in [0.15, 0.2) is 0 Å². The summed E-state index contributed by atoms with van der Waals surface area (Å²) >= 11 is 13.2. The number of nitrogens with zero attached hydrogens (tertiary/aromatic N) is 8. The van der Waals surface area contributed by atoms with Gasteiger partial charge in [0.05, 0.1) is 25.6 Å². The molecule has 5 aliphatic rings. The van der Waals surface area contributed by atoms with Crippen molar-refractivity contribution >= 4 is 88.2 Å². The Bertz CT molecular complexity index is 2630. The molecule has 0 aromatic rings. The molecule has 13 atom stereocenters. The van der Waals surface area contributed by atoms with E-state index >= 15 is 9.59 Å². The van der Waals surface area contributed by atoms with Crippen molar-refractivity contribution in [3.63, 3.8) is 0 Å². The Morgan fingerprint density at radius 2 is 1.22 bits per heavy atom. The van der Waals surface area contributed by atoms with E-state index in [1.165, 1.54) is 73.8 Å². The van der Waals surface area contributed by atoms with Crippen LogP contribution in [0.25, 0.3) is 0 Å². The minimum atomic E-state index is -4.50. The first-order valence-corrected chi connectivity index (χ1v) is 34.2. The fourth-order valence-corrected chi connectivity index (χ4v) is 15.0. The van der Waals surface area contributed by atoms with Crippen molar-refractivity contribution in [2.24, 2.45) is 35.5 Å². The predicted molar refractivity (Wildman–Crippen MR) is 343 cm³/mol. The van der Waals surface area contributed by atoms with Crippen LogP contribution in [0.2, 0.25) is 0 Å². The largest absolute Gasteiger partial charge is 0.393 e. The van der Waals surface area contributed by atoms with Crippen LogP contribution in [-0.2, 0) is 52.7 Å². The zero-order valence-electron chi connectivity index (χ0n) is 56.9. The summed E-state index contributed by atoms with van der Waals surface area (Å²) in [6, 6.07) is -7.68. The molecule has 11 amide bonds. The van der Waals surface area contributed by atoms with Crippen molar-refractivity contribution in [3.8, 4) is 0 Å². The molecule has 2 aliphatic heterocycles. The van der Waals surface area contributed by atoms with E-state index in [4.69, 9.17) is 23.2 Å². The summed E-state index contributed by atoms with van der Waals surface area (Å²) < 4.78 is 41.8. The average Bonchev–Trinajstić information content (AvgIpc) is 1.59. The molecule has 5 rings (SSSR count). The molecule has 5 unspecified atom stereocenters. The topological polar surface area (TPSA) is 250 Å². The molecular weight excluding hydrogens is 1240 g/mol. The summed E-state index contributed by atoms with van der Waals surface area (Å²) in [5.74, 6) is -9.98. The van der Waals surface area contributed by atoms with E-state index in [9.17, 15) is 56.3 Å². The molecule has 1 spiro atoms. The molecule has 92 heavy (non-hydrogen) atoms. The second kappa shape index (κ2) is 33.8. The number of hydrogen-bond donors (Lipinski definition) is 3. The van der Waals surface area contributed by atoms with Crippen LogP contribution < -0.4 is 16.0 Å². The van der Waals surface area contributed by atoms with Gasteiger partial charge in [-0.05, 0) is 120 Å². The van der Waals surface area contributed by atoms with Crippen LogP contribution >= 0.6 is 23.2 Å². The number of carbonyl (C=O) groups excluding carboxylic acids is 11. The number of likely N-dealkylation sites (N-methyl/N-ethyl adjacent to an activating group) is 7. The lowest BCUT2D eigenvalue weighted by molar-refractivity contribution is -0.182. The van der Waals surface area contributed by atoms with Gasteiger partial charge in [0.1, 0.15) is 41.8 Å². The summed E-state index contributed by atoms with van der Waals surface area (Å²) in [5.41, 5.74) is -1.49. The first kappa shape index (κ1) is 77.2. The van der Waals surface area contributed by atoms with Crippen LogP contribution in [0.1, 0.15) is 170 Å². The highest BCUT2D eigenvalue weighted by atomic mass is 35.5. The first-order chi connectivity index (χ1) is 43.0. The molecule has 0 radical (unpaired) electrons. The molecule has 0 aromatic carbocycles. The summed E-state index contributed by atoms with van der Waals surface area (Å²) in [5, 5.41) is 7.19. The maximum Gasteiger partial charge on any atom is 0.393 e. The third-order valence-electron chi connectivity index (χ3n) is 20.4. The Morgan fingerprint density at radius 1 is 0.609 bits per heavy atom. The Hall–Kier alpha value is -5.46. The third kappa shape index (κ3) is 19.6. The monoisotopic (exact) mass is 1340 g/mol. The van der Waals surface area contributed by atoms with Crippen molar-refractivity contribution in [1.82, 2.24) is 55.1 Å². The quantitative estimate of drug-likeness (QED) is 0.221. The zero-order chi connectivity index (χ0) is 69.0. The summed E-state index contributed by atoms with van der Waals surface area (Å²) in [7, 11) is 10.1. The summed E-state index contributed by atoms with van der Waals surface area (Å²) in [6.07, 6.45) is 1.21. The number of fused-ring (bicyclic) bond motifs is 1. The highest BCUT2D eigenvalue weighted by molar-refractivity contribution is 6.21. The maximum atomic E-state index is 15.1. The normalized spacial score (nSPS) is 31.0. The summed E-state index contributed by atoms with van der Waals surface area (Å²) in [4.78, 5) is 171. The average molecular weight is 1350 g/mol. The third-order valence-corrected chi connectivity index (χ3v) is 21.5. The van der Waals surface area contributed by atoms with Gasteiger partial charge in [0.2, 0.25) is 65.0 Å². The van der Waals surface area contributed by atoms with Crippen LogP contribution in [0.5, 0.6) is 0 Å². The Balaban J connectivity index is 1.55. The fourth-order valence-electron chi connectivity index (χ4n) is 14.1. The van der Waals surface area contributed by atoms with Crippen molar-refractivity contribution in [1.29, 1.82) is 0 Å². The van der Waals surface area contributed by atoms with Crippen molar-refractivity contribution < 1.29 is 65.9 Å². The predicted octanol–water partition coefficient (Wildman–Crippen LogP) is 5.78. The lowest BCUT2D eigenvalue weighted by Gasteiger charge is -2.41. The molecule has 522 valence electrons. The second-order valence-electron chi connectivity index (χ2n) is 28.1. The SMILES string of the molecule is CC[C@H](C)[C@@H]1NC(=O)[C@H](CC(C)C)N(C)C(=O)C[C@@H](C)N(C)C(=O)[C@H](C(C)C)N(C)C(=O)C2(CCCC2)NC(=O)[C@@H]2CCCN2C(=O)[C@H](CCC2CCC(C(F)(F)F)C(Cl)C2)NC(=O)CN(C)C(=O)[C@H](CC2CCCCC2Cl)N(C)C(=O)CN(C)C(=O)CN(C)C1=O. The summed E-state index contributed by atoms with van der Waals surface area (Å²) in [6.45, 7) is 11.1. The molecule has 22 nitrogen and oxygen atoms in total. The highest BCUT2D eigenvalue weighted by Gasteiger charge is 2.51. The highest BCUT2D eigenvalue weighted by Crippen LogP contribution is 2.44. The molecule has 27 heteroatoms. The van der Waals surface area contributed by atoms with Gasteiger partial charge in [-0.2, -0.15) is 13.2 Å². The van der Waals surface area contributed by atoms with E-state index in [1.807, 2.05) is 20.8 Å². The second-order valence-corrected chi connectivity index (χ2v) is 29.2. The lowest BCUT2D eigenvalue weighted by Crippen LogP contribution is -2.64. The van der Waals surface area contributed by atoms with Gasteiger partial charge in [0.15, 0.2) is 0 Å².